The van der Waals surface area contributed by atoms with Gasteiger partial charge in [0, 0.05) is 31.5 Å². The number of piperidine rings is 1. The van der Waals surface area contributed by atoms with Gasteiger partial charge in [-0.2, -0.15) is 0 Å². The molecule has 3 aromatic rings. The van der Waals surface area contributed by atoms with Crippen molar-refractivity contribution in [3.05, 3.63) is 101 Å². The first-order valence-electron chi connectivity index (χ1n) is 13.9. The molecule has 4 rings (SSSR count). The average Bonchev–Trinajstić information content (AvgIpc) is 2.93. The summed E-state index contributed by atoms with van der Waals surface area (Å²) in [6.07, 6.45) is 7.59. The molecule has 0 bridgehead atoms. The zero-order valence-corrected chi connectivity index (χ0v) is 22.2. The summed E-state index contributed by atoms with van der Waals surface area (Å²) in [5.74, 6) is 7.23. The Morgan fingerprint density at radius 3 is 2.30 bits per heavy atom. The van der Waals surface area contributed by atoms with Crippen molar-refractivity contribution in [1.29, 1.82) is 0 Å². The third-order valence-corrected chi connectivity index (χ3v) is 7.31. The predicted molar refractivity (Wildman–Crippen MR) is 154 cm³/mol. The molecule has 1 amide bonds. The quantitative estimate of drug-likeness (QED) is 0.243. The van der Waals surface area contributed by atoms with Crippen LogP contribution in [-0.4, -0.2) is 23.9 Å². The number of likely N-dealkylation sites (tertiary alicyclic amines) is 1. The lowest BCUT2D eigenvalue weighted by Gasteiger charge is -2.31. The first-order chi connectivity index (χ1) is 18.2. The van der Waals surface area contributed by atoms with Gasteiger partial charge < -0.3 is 5.32 Å². The first-order valence-corrected chi connectivity index (χ1v) is 13.9. The number of carbonyl (C=O) groups is 1. The lowest BCUT2D eigenvalue weighted by Crippen LogP contribution is -2.34. The van der Waals surface area contributed by atoms with Crippen LogP contribution in [0.25, 0.3) is 0 Å². The van der Waals surface area contributed by atoms with Gasteiger partial charge in [0.05, 0.1) is 0 Å². The van der Waals surface area contributed by atoms with Crippen molar-refractivity contribution in [3.8, 4) is 11.8 Å². The number of nitrogens with zero attached hydrogens (tertiary/aromatic N) is 1. The standard InChI is InChI=1S/C34H40N2O/c1-2-31-26-33(20-19-32(31)18-12-4-3-7-13-28-14-8-5-9-15-28)35-34(37)25-29-21-23-36(24-22-29)27-30-16-10-6-11-17-30/h5-6,8-11,14-17,19-20,26,29H,2,4,12-13,18,21-25,27H2,1H3,(H,35,37). The Balaban J connectivity index is 1.18. The van der Waals surface area contributed by atoms with Crippen molar-refractivity contribution in [1.82, 2.24) is 4.90 Å². The summed E-state index contributed by atoms with van der Waals surface area (Å²) >= 11 is 0. The molecule has 1 saturated heterocycles. The molecule has 1 fully saturated rings. The molecule has 3 heteroatoms. The summed E-state index contributed by atoms with van der Waals surface area (Å²) in [7, 11) is 0. The Morgan fingerprint density at radius 1 is 0.892 bits per heavy atom. The Hall–Kier alpha value is -3.35. The van der Waals surface area contributed by atoms with E-state index in [1.165, 1.54) is 22.3 Å². The fourth-order valence-corrected chi connectivity index (χ4v) is 5.16. The molecule has 0 radical (unpaired) electrons. The van der Waals surface area contributed by atoms with Crippen LogP contribution in [0.5, 0.6) is 0 Å². The molecule has 1 aliphatic heterocycles. The van der Waals surface area contributed by atoms with Crippen LogP contribution in [-0.2, 0) is 30.6 Å². The zero-order chi connectivity index (χ0) is 25.7. The summed E-state index contributed by atoms with van der Waals surface area (Å²) in [4.78, 5) is 15.3. The number of hydrogen-bond donors (Lipinski definition) is 1. The average molecular weight is 493 g/mol. The van der Waals surface area contributed by atoms with Crippen LogP contribution in [0.3, 0.4) is 0 Å². The first kappa shape index (κ1) is 26.7. The van der Waals surface area contributed by atoms with Gasteiger partial charge in [0.2, 0.25) is 5.91 Å². The minimum Gasteiger partial charge on any atom is -0.326 e. The van der Waals surface area contributed by atoms with Crippen LogP contribution < -0.4 is 5.32 Å². The highest BCUT2D eigenvalue weighted by Gasteiger charge is 2.21. The SMILES string of the molecule is CCc1cc(NC(=O)CC2CCN(Cc3ccccc3)CC2)ccc1CCCC#CCc1ccccc1. The third kappa shape index (κ3) is 8.92. The van der Waals surface area contributed by atoms with E-state index in [1.807, 2.05) is 6.07 Å². The van der Waals surface area contributed by atoms with Gasteiger partial charge in [-0.15, -0.1) is 5.92 Å². The monoisotopic (exact) mass is 492 g/mol. The second-order valence-corrected chi connectivity index (χ2v) is 10.2. The van der Waals surface area contributed by atoms with E-state index in [2.05, 4.69) is 102 Å². The molecule has 37 heavy (non-hydrogen) atoms. The van der Waals surface area contributed by atoms with Gasteiger partial charge in [-0.05, 0) is 85.5 Å². The van der Waals surface area contributed by atoms with E-state index in [1.54, 1.807) is 0 Å². The van der Waals surface area contributed by atoms with Crippen LogP contribution in [0.4, 0.5) is 5.69 Å². The molecule has 1 aliphatic rings. The summed E-state index contributed by atoms with van der Waals surface area (Å²) in [6, 6.07) is 27.5. The number of benzene rings is 3. The van der Waals surface area contributed by atoms with E-state index in [-0.39, 0.29) is 5.91 Å². The van der Waals surface area contributed by atoms with Gasteiger partial charge >= 0.3 is 0 Å². The molecule has 1 N–H and O–H groups in total. The third-order valence-electron chi connectivity index (χ3n) is 7.31. The Labute approximate surface area is 223 Å². The summed E-state index contributed by atoms with van der Waals surface area (Å²) in [5, 5.41) is 3.17. The van der Waals surface area contributed by atoms with E-state index >= 15 is 0 Å². The van der Waals surface area contributed by atoms with E-state index in [9.17, 15) is 4.79 Å². The fourth-order valence-electron chi connectivity index (χ4n) is 5.16. The Bertz CT molecular complexity index is 1170. The second kappa shape index (κ2) is 14.4. The minimum absolute atomic E-state index is 0.144. The van der Waals surface area contributed by atoms with E-state index < -0.39 is 0 Å². The van der Waals surface area contributed by atoms with Gasteiger partial charge in [0.15, 0.2) is 0 Å². The lowest BCUT2D eigenvalue weighted by molar-refractivity contribution is -0.117. The molecule has 0 aliphatic carbocycles. The van der Waals surface area contributed by atoms with Crippen molar-refractivity contribution >= 4 is 11.6 Å². The maximum absolute atomic E-state index is 12.8. The molecular formula is C34H40N2O. The van der Waals surface area contributed by atoms with E-state index in [4.69, 9.17) is 0 Å². The molecular weight excluding hydrogens is 452 g/mol. The van der Waals surface area contributed by atoms with Crippen molar-refractivity contribution in [2.24, 2.45) is 5.92 Å². The molecule has 0 saturated carbocycles. The number of aryl methyl sites for hydroxylation is 2. The molecule has 1 heterocycles. The van der Waals surface area contributed by atoms with Gasteiger partial charge in [-0.3, -0.25) is 9.69 Å². The maximum Gasteiger partial charge on any atom is 0.224 e. The van der Waals surface area contributed by atoms with E-state index in [0.29, 0.717) is 12.3 Å². The molecule has 0 atom stereocenters. The number of anilines is 1. The molecule has 0 spiro atoms. The van der Waals surface area contributed by atoms with Crippen LogP contribution >= 0.6 is 0 Å². The van der Waals surface area contributed by atoms with Gasteiger partial charge in [-0.25, -0.2) is 0 Å². The van der Waals surface area contributed by atoms with Crippen molar-refractivity contribution in [3.63, 3.8) is 0 Å². The number of nitrogens with one attached hydrogen (secondary N) is 1. The number of rotatable bonds is 10. The molecule has 0 aromatic heterocycles. The van der Waals surface area contributed by atoms with Crippen molar-refractivity contribution in [2.75, 3.05) is 18.4 Å². The Kier molecular flexibility index (Phi) is 10.4. The fraction of sp³-hybridized carbons (Fsp3) is 0.382. The summed E-state index contributed by atoms with van der Waals surface area (Å²) in [6.45, 7) is 5.33. The smallest absolute Gasteiger partial charge is 0.224 e. The molecule has 3 aromatic carbocycles. The highest BCUT2D eigenvalue weighted by atomic mass is 16.1. The number of amides is 1. The summed E-state index contributed by atoms with van der Waals surface area (Å²) in [5.41, 5.74) is 6.26. The zero-order valence-electron chi connectivity index (χ0n) is 22.2. The van der Waals surface area contributed by atoms with Crippen LogP contribution in [0.15, 0.2) is 78.9 Å². The largest absolute Gasteiger partial charge is 0.326 e. The van der Waals surface area contributed by atoms with Crippen LogP contribution in [0, 0.1) is 17.8 Å². The van der Waals surface area contributed by atoms with Gasteiger partial charge in [-0.1, -0.05) is 79.6 Å². The van der Waals surface area contributed by atoms with Crippen LogP contribution in [0.1, 0.15) is 61.3 Å². The van der Waals surface area contributed by atoms with Crippen molar-refractivity contribution < 1.29 is 4.79 Å². The number of unbranched alkanes of at least 4 members (excludes halogenated alkanes) is 1. The minimum atomic E-state index is 0.144. The number of carbonyl (C=O) groups excluding carboxylic acids is 1. The number of hydrogen-bond acceptors (Lipinski definition) is 2. The van der Waals surface area contributed by atoms with Gasteiger partial charge in [0.1, 0.15) is 0 Å². The van der Waals surface area contributed by atoms with Crippen LogP contribution in [0.2, 0.25) is 0 Å². The highest BCUT2D eigenvalue weighted by molar-refractivity contribution is 5.91. The molecule has 3 nitrogen and oxygen atoms in total. The maximum atomic E-state index is 12.8. The summed E-state index contributed by atoms with van der Waals surface area (Å²) < 4.78 is 0. The highest BCUT2D eigenvalue weighted by Crippen LogP contribution is 2.24. The molecule has 192 valence electrons. The second-order valence-electron chi connectivity index (χ2n) is 10.2. The Morgan fingerprint density at radius 2 is 1.59 bits per heavy atom. The van der Waals surface area contributed by atoms with Crippen molar-refractivity contribution in [2.45, 2.75) is 64.8 Å². The van der Waals surface area contributed by atoms with Gasteiger partial charge in [0.25, 0.3) is 0 Å². The lowest BCUT2D eigenvalue weighted by atomic mass is 9.93. The molecule has 0 unspecified atom stereocenters. The van der Waals surface area contributed by atoms with E-state index in [0.717, 1.165) is 70.3 Å². The normalized spacial score (nSPS) is 14.1. The predicted octanol–water partition coefficient (Wildman–Crippen LogP) is 7.06. The topological polar surface area (TPSA) is 32.3 Å².